The smallest absolute Gasteiger partial charge is 0.335 e. The highest BCUT2D eigenvalue weighted by Gasteiger charge is 2.22. The fraction of sp³-hybridized carbons (Fsp3) is 0. The second kappa shape index (κ2) is 2.66. The third-order valence-corrected chi connectivity index (χ3v) is 1.99. The second-order valence-electron chi connectivity index (χ2n) is 2.87. The maximum absolute atomic E-state index is 11.1. The van der Waals surface area contributed by atoms with Crippen LogP contribution in [0.15, 0.2) is 23.2 Å². The third kappa shape index (κ3) is 1.06. The molecule has 1 amide bonds. The van der Waals surface area contributed by atoms with Crippen LogP contribution in [0.25, 0.3) is 0 Å². The molecule has 1 aliphatic rings. The van der Waals surface area contributed by atoms with Crippen LogP contribution in [-0.4, -0.2) is 22.8 Å². The molecule has 3 N–H and O–H groups in total. The Labute approximate surface area is 78.9 Å². The van der Waals surface area contributed by atoms with E-state index in [1.54, 1.807) is 0 Å². The summed E-state index contributed by atoms with van der Waals surface area (Å²) in [5, 5.41) is 8.70. The lowest BCUT2D eigenvalue weighted by atomic mass is 10.1. The van der Waals surface area contributed by atoms with E-state index in [9.17, 15) is 9.59 Å². The lowest BCUT2D eigenvalue weighted by Crippen LogP contribution is -2.11. The number of aromatic carboxylic acids is 1. The molecule has 1 aliphatic heterocycles. The van der Waals surface area contributed by atoms with E-state index in [0.717, 1.165) is 0 Å². The normalized spacial score (nSPS) is 13.7. The van der Waals surface area contributed by atoms with Crippen molar-refractivity contribution in [3.05, 3.63) is 34.9 Å². The monoisotopic (exact) mass is 190 g/mol. The predicted octanol–water partition coefficient (Wildman–Crippen LogP) is 0.244. The molecular formula is C9H6N2O3. The molecule has 1 heterocycles. The second-order valence-corrected chi connectivity index (χ2v) is 2.87. The molecular weight excluding hydrogens is 184 g/mol. The van der Waals surface area contributed by atoms with Gasteiger partial charge in [0.15, 0.2) is 0 Å². The Balaban J connectivity index is 2.61. The van der Waals surface area contributed by atoms with Gasteiger partial charge in [-0.05, 0) is 18.2 Å². The van der Waals surface area contributed by atoms with E-state index in [-0.39, 0.29) is 11.4 Å². The van der Waals surface area contributed by atoms with Crippen LogP contribution >= 0.6 is 0 Å². The Hall–Kier alpha value is -2.17. The molecule has 0 unspecified atom stereocenters. The van der Waals surface area contributed by atoms with Crippen LogP contribution in [0.1, 0.15) is 26.3 Å². The fourth-order valence-electron chi connectivity index (χ4n) is 1.31. The zero-order valence-corrected chi connectivity index (χ0v) is 7.02. The summed E-state index contributed by atoms with van der Waals surface area (Å²) in [5.41, 5.74) is 6.29. The van der Waals surface area contributed by atoms with Gasteiger partial charge >= 0.3 is 5.97 Å². The van der Waals surface area contributed by atoms with Gasteiger partial charge in [0.05, 0.1) is 11.1 Å². The molecule has 0 radical (unpaired) electrons. The quantitative estimate of drug-likeness (QED) is 0.663. The molecule has 0 fully saturated rings. The number of carboxylic acids is 1. The van der Waals surface area contributed by atoms with Crippen molar-refractivity contribution in [3.8, 4) is 0 Å². The molecule has 2 rings (SSSR count). The number of carboxylic acid groups (broad SMARTS) is 1. The molecule has 0 bridgehead atoms. The molecule has 14 heavy (non-hydrogen) atoms. The first-order valence-corrected chi connectivity index (χ1v) is 3.86. The minimum Gasteiger partial charge on any atom is -0.478 e. The number of aliphatic imine (C=N–C) groups is 1. The summed E-state index contributed by atoms with van der Waals surface area (Å²) >= 11 is 0. The molecule has 1 aromatic carbocycles. The number of amides is 1. The van der Waals surface area contributed by atoms with E-state index in [1.165, 1.54) is 18.2 Å². The maximum Gasteiger partial charge on any atom is 0.335 e. The van der Waals surface area contributed by atoms with Gasteiger partial charge in [-0.15, -0.1) is 0 Å². The van der Waals surface area contributed by atoms with Gasteiger partial charge in [-0.2, -0.15) is 4.99 Å². The Bertz CT molecular complexity index is 477. The third-order valence-electron chi connectivity index (χ3n) is 1.99. The van der Waals surface area contributed by atoms with Crippen LogP contribution in [-0.2, 0) is 0 Å². The van der Waals surface area contributed by atoms with E-state index in [2.05, 4.69) is 4.99 Å². The van der Waals surface area contributed by atoms with Gasteiger partial charge in [-0.3, -0.25) is 4.79 Å². The number of nitrogens with two attached hydrogens (primary N) is 1. The molecule has 0 saturated heterocycles. The average molecular weight is 190 g/mol. The Kier molecular flexibility index (Phi) is 1.60. The number of carbonyl (C=O) groups excluding carboxylic acids is 1. The van der Waals surface area contributed by atoms with Crippen molar-refractivity contribution in [1.29, 1.82) is 0 Å². The number of fused-ring (bicyclic) bond motifs is 1. The fourth-order valence-corrected chi connectivity index (χ4v) is 1.31. The van der Waals surface area contributed by atoms with Crippen LogP contribution in [0.3, 0.4) is 0 Å². The summed E-state index contributed by atoms with van der Waals surface area (Å²) in [5.74, 6) is -1.40. The van der Waals surface area contributed by atoms with E-state index in [0.29, 0.717) is 11.1 Å². The lowest BCUT2D eigenvalue weighted by molar-refractivity contribution is 0.0696. The summed E-state index contributed by atoms with van der Waals surface area (Å²) in [7, 11) is 0. The molecule has 0 atom stereocenters. The summed E-state index contributed by atoms with van der Waals surface area (Å²) in [6.07, 6.45) is 0. The molecule has 0 saturated carbocycles. The number of benzene rings is 1. The van der Waals surface area contributed by atoms with Gasteiger partial charge in [-0.1, -0.05) is 0 Å². The first-order valence-electron chi connectivity index (χ1n) is 3.86. The van der Waals surface area contributed by atoms with Gasteiger partial charge in [0.2, 0.25) is 0 Å². The molecule has 0 spiro atoms. The number of carbonyl (C=O) groups is 2. The summed E-state index contributed by atoms with van der Waals surface area (Å²) < 4.78 is 0. The summed E-state index contributed by atoms with van der Waals surface area (Å²) in [4.78, 5) is 25.3. The zero-order valence-electron chi connectivity index (χ0n) is 7.02. The van der Waals surface area contributed by atoms with Crippen LogP contribution < -0.4 is 5.73 Å². The molecule has 0 aliphatic carbocycles. The highest BCUT2D eigenvalue weighted by atomic mass is 16.4. The van der Waals surface area contributed by atoms with Crippen molar-refractivity contribution in [2.45, 2.75) is 0 Å². The van der Waals surface area contributed by atoms with Crippen LogP contribution in [0.4, 0.5) is 0 Å². The first-order chi connectivity index (χ1) is 6.59. The minimum atomic E-state index is -1.06. The average Bonchev–Trinajstić information content (AvgIpc) is 2.42. The minimum absolute atomic E-state index is 0.0769. The van der Waals surface area contributed by atoms with Gasteiger partial charge in [0.25, 0.3) is 5.91 Å². The van der Waals surface area contributed by atoms with E-state index in [1.807, 2.05) is 0 Å². The topological polar surface area (TPSA) is 92.8 Å². The highest BCUT2D eigenvalue weighted by Crippen LogP contribution is 2.18. The predicted molar refractivity (Wildman–Crippen MR) is 48.5 cm³/mol. The van der Waals surface area contributed by atoms with E-state index < -0.39 is 11.9 Å². The maximum atomic E-state index is 11.1. The van der Waals surface area contributed by atoms with Crippen LogP contribution in [0.2, 0.25) is 0 Å². The van der Waals surface area contributed by atoms with Crippen LogP contribution in [0.5, 0.6) is 0 Å². The van der Waals surface area contributed by atoms with E-state index in [4.69, 9.17) is 10.8 Å². The van der Waals surface area contributed by atoms with Gasteiger partial charge in [-0.25, -0.2) is 4.79 Å². The largest absolute Gasteiger partial charge is 0.478 e. The van der Waals surface area contributed by atoms with Crippen molar-refractivity contribution in [2.75, 3.05) is 0 Å². The van der Waals surface area contributed by atoms with Crippen molar-refractivity contribution in [3.63, 3.8) is 0 Å². The Morgan fingerprint density at radius 2 is 2.07 bits per heavy atom. The lowest BCUT2D eigenvalue weighted by Gasteiger charge is -1.99. The van der Waals surface area contributed by atoms with Gasteiger partial charge < -0.3 is 10.8 Å². The van der Waals surface area contributed by atoms with Crippen molar-refractivity contribution in [1.82, 2.24) is 0 Å². The molecule has 1 aromatic rings. The molecule has 5 nitrogen and oxygen atoms in total. The zero-order chi connectivity index (χ0) is 10.3. The van der Waals surface area contributed by atoms with Gasteiger partial charge in [0.1, 0.15) is 5.84 Å². The number of amidine groups is 1. The molecule has 5 heteroatoms. The molecule has 70 valence electrons. The number of hydrogen-bond acceptors (Lipinski definition) is 3. The molecule has 0 aromatic heterocycles. The number of nitrogens with zero attached hydrogens (tertiary/aromatic N) is 1. The van der Waals surface area contributed by atoms with Crippen molar-refractivity contribution >= 4 is 17.7 Å². The van der Waals surface area contributed by atoms with E-state index >= 15 is 0 Å². The van der Waals surface area contributed by atoms with Gasteiger partial charge in [0, 0.05) is 5.56 Å². The number of hydrogen-bond donors (Lipinski definition) is 2. The van der Waals surface area contributed by atoms with Crippen LogP contribution in [0, 0.1) is 0 Å². The highest BCUT2D eigenvalue weighted by molar-refractivity contribution is 6.20. The summed E-state index contributed by atoms with van der Waals surface area (Å²) in [6.45, 7) is 0. The summed E-state index contributed by atoms with van der Waals surface area (Å²) in [6, 6.07) is 4.12. The Morgan fingerprint density at radius 1 is 1.36 bits per heavy atom. The standard InChI is InChI=1S/C9H6N2O3/c10-7-6-3-4(9(13)14)1-2-5(6)8(12)11-7/h1-3H,(H,13,14)(H2,10,11,12). The van der Waals surface area contributed by atoms with Crippen molar-refractivity contribution in [2.24, 2.45) is 10.7 Å². The number of rotatable bonds is 1. The SMILES string of the molecule is NC1=NC(=O)c2ccc(C(=O)O)cc21. The first kappa shape index (κ1) is 8.43. The Morgan fingerprint density at radius 3 is 2.71 bits per heavy atom. The van der Waals surface area contributed by atoms with Crippen molar-refractivity contribution < 1.29 is 14.7 Å².